The number of rotatable bonds is 4. The van der Waals surface area contributed by atoms with Crippen molar-refractivity contribution >= 4 is 18.0 Å². The first-order valence-electron chi connectivity index (χ1n) is 4.54. The van der Waals surface area contributed by atoms with Crippen LogP contribution in [-0.2, 0) is 20.7 Å². The van der Waals surface area contributed by atoms with Gasteiger partial charge in [0.15, 0.2) is 0 Å². The molecule has 84 valence electrons. The van der Waals surface area contributed by atoms with Crippen LogP contribution >= 0.6 is 0 Å². The molecule has 0 bridgehead atoms. The van der Waals surface area contributed by atoms with Gasteiger partial charge >= 0.3 is 11.9 Å². The van der Waals surface area contributed by atoms with E-state index in [1.807, 2.05) is 0 Å². The molecular formula is C11H11NO4. The molecule has 0 unspecified atom stereocenters. The number of aliphatic carboxylic acids is 1. The molecule has 16 heavy (non-hydrogen) atoms. The van der Waals surface area contributed by atoms with Gasteiger partial charge in [0.05, 0.1) is 19.2 Å². The first kappa shape index (κ1) is 11.9. The Balaban J connectivity index is 2.68. The molecule has 0 spiro atoms. The summed E-state index contributed by atoms with van der Waals surface area (Å²) in [5.41, 5.74) is 1.18. The Morgan fingerprint density at radius 3 is 2.75 bits per heavy atom. The monoisotopic (exact) mass is 221 g/mol. The van der Waals surface area contributed by atoms with Crippen molar-refractivity contribution in [2.75, 3.05) is 7.11 Å². The zero-order chi connectivity index (χ0) is 12.0. The molecule has 1 aromatic heterocycles. The van der Waals surface area contributed by atoms with E-state index in [1.165, 1.54) is 19.4 Å². The van der Waals surface area contributed by atoms with Crippen LogP contribution in [0.4, 0.5) is 0 Å². The number of pyridine rings is 1. The number of carboxylic acid groups (broad SMARTS) is 1. The van der Waals surface area contributed by atoms with Crippen molar-refractivity contribution in [3.63, 3.8) is 0 Å². The summed E-state index contributed by atoms with van der Waals surface area (Å²) >= 11 is 0. The molecule has 1 rings (SSSR count). The van der Waals surface area contributed by atoms with E-state index >= 15 is 0 Å². The van der Waals surface area contributed by atoms with E-state index < -0.39 is 11.9 Å². The van der Waals surface area contributed by atoms with Crippen molar-refractivity contribution in [1.82, 2.24) is 4.98 Å². The van der Waals surface area contributed by atoms with Gasteiger partial charge < -0.3 is 9.84 Å². The maximum Gasteiger partial charge on any atom is 0.330 e. The molecule has 0 amide bonds. The lowest BCUT2D eigenvalue weighted by Gasteiger charge is -1.97. The lowest BCUT2D eigenvalue weighted by molar-refractivity contribution is -0.136. The van der Waals surface area contributed by atoms with Gasteiger partial charge in [0.25, 0.3) is 0 Å². The van der Waals surface area contributed by atoms with Gasteiger partial charge in [0, 0.05) is 12.3 Å². The molecule has 5 heteroatoms. The number of aromatic nitrogens is 1. The normalized spacial score (nSPS) is 10.3. The Labute approximate surface area is 92.4 Å². The van der Waals surface area contributed by atoms with Crippen LogP contribution in [0.2, 0.25) is 0 Å². The maximum atomic E-state index is 10.8. The third-order valence-electron chi connectivity index (χ3n) is 1.79. The van der Waals surface area contributed by atoms with E-state index in [2.05, 4.69) is 9.72 Å². The van der Waals surface area contributed by atoms with Gasteiger partial charge in [-0.3, -0.25) is 9.78 Å². The van der Waals surface area contributed by atoms with Crippen molar-refractivity contribution in [3.05, 3.63) is 35.7 Å². The van der Waals surface area contributed by atoms with Crippen LogP contribution < -0.4 is 0 Å². The molecule has 0 aliphatic carbocycles. The van der Waals surface area contributed by atoms with Gasteiger partial charge in [-0.15, -0.1) is 0 Å². The van der Waals surface area contributed by atoms with E-state index in [0.717, 1.165) is 0 Å². The van der Waals surface area contributed by atoms with E-state index in [0.29, 0.717) is 11.3 Å². The van der Waals surface area contributed by atoms with Gasteiger partial charge in [0.1, 0.15) is 0 Å². The third-order valence-corrected chi connectivity index (χ3v) is 1.79. The van der Waals surface area contributed by atoms with Crippen molar-refractivity contribution in [3.8, 4) is 0 Å². The van der Waals surface area contributed by atoms with Gasteiger partial charge in [-0.1, -0.05) is 6.07 Å². The standard InChI is InChI=1S/C11H11NO4/c1-16-11(15)5-3-8-2-4-9(12-7-8)6-10(13)14/h2-5,7H,6H2,1H3,(H,13,14). The second-order valence-electron chi connectivity index (χ2n) is 3.01. The summed E-state index contributed by atoms with van der Waals surface area (Å²) in [4.78, 5) is 25.1. The SMILES string of the molecule is COC(=O)C=Cc1ccc(CC(=O)O)nc1. The van der Waals surface area contributed by atoms with Gasteiger partial charge in [0.2, 0.25) is 0 Å². The Kier molecular flexibility index (Phi) is 4.20. The molecule has 1 heterocycles. The molecule has 0 radical (unpaired) electrons. The fourth-order valence-electron chi connectivity index (χ4n) is 1.03. The van der Waals surface area contributed by atoms with Crippen LogP contribution in [0.25, 0.3) is 6.08 Å². The lowest BCUT2D eigenvalue weighted by Crippen LogP contribution is -2.01. The molecule has 0 atom stereocenters. The van der Waals surface area contributed by atoms with E-state index in [4.69, 9.17) is 5.11 Å². The average Bonchev–Trinajstić information content (AvgIpc) is 2.27. The molecule has 0 fully saturated rings. The summed E-state index contributed by atoms with van der Waals surface area (Å²) in [5, 5.41) is 8.53. The molecule has 5 nitrogen and oxygen atoms in total. The Morgan fingerprint density at radius 1 is 1.50 bits per heavy atom. The minimum absolute atomic E-state index is 0.110. The highest BCUT2D eigenvalue weighted by Crippen LogP contribution is 2.03. The molecule has 0 saturated carbocycles. The zero-order valence-electron chi connectivity index (χ0n) is 8.71. The van der Waals surface area contributed by atoms with Crippen LogP contribution in [0.5, 0.6) is 0 Å². The van der Waals surface area contributed by atoms with E-state index in [9.17, 15) is 9.59 Å². The molecular weight excluding hydrogens is 210 g/mol. The third kappa shape index (κ3) is 3.91. The number of carbonyl (C=O) groups is 2. The number of hydrogen-bond donors (Lipinski definition) is 1. The Bertz CT molecular complexity index is 408. The summed E-state index contributed by atoms with van der Waals surface area (Å²) in [6, 6.07) is 3.29. The lowest BCUT2D eigenvalue weighted by atomic mass is 10.2. The molecule has 1 aromatic rings. The zero-order valence-corrected chi connectivity index (χ0v) is 8.71. The number of ether oxygens (including phenoxy) is 1. The predicted octanol–water partition coefficient (Wildman–Crippen LogP) is 0.895. The number of methoxy groups -OCH3 is 1. The highest BCUT2D eigenvalue weighted by atomic mass is 16.5. The first-order chi connectivity index (χ1) is 7.61. The summed E-state index contributed by atoms with van der Waals surface area (Å²) in [5.74, 6) is -1.38. The van der Waals surface area contributed by atoms with Crippen LogP contribution in [0.15, 0.2) is 24.4 Å². The first-order valence-corrected chi connectivity index (χ1v) is 4.54. The number of nitrogens with zero attached hydrogens (tertiary/aromatic N) is 1. The van der Waals surface area contributed by atoms with Gasteiger partial charge in [-0.25, -0.2) is 4.79 Å². The summed E-state index contributed by atoms with van der Waals surface area (Å²) in [6.45, 7) is 0. The summed E-state index contributed by atoms with van der Waals surface area (Å²) < 4.78 is 4.42. The Morgan fingerprint density at radius 2 is 2.25 bits per heavy atom. The highest BCUT2D eigenvalue weighted by Gasteiger charge is 2.00. The number of carboxylic acids is 1. The number of hydrogen-bond acceptors (Lipinski definition) is 4. The van der Waals surface area contributed by atoms with Crippen molar-refractivity contribution in [1.29, 1.82) is 0 Å². The second-order valence-corrected chi connectivity index (χ2v) is 3.01. The van der Waals surface area contributed by atoms with Crippen molar-refractivity contribution < 1.29 is 19.4 Å². The summed E-state index contributed by atoms with van der Waals surface area (Å²) in [7, 11) is 1.29. The minimum atomic E-state index is -0.926. The largest absolute Gasteiger partial charge is 0.481 e. The molecule has 0 saturated heterocycles. The maximum absolute atomic E-state index is 10.8. The van der Waals surface area contributed by atoms with Crippen LogP contribution in [0, 0.1) is 0 Å². The smallest absolute Gasteiger partial charge is 0.330 e. The van der Waals surface area contributed by atoms with Crippen LogP contribution in [0.3, 0.4) is 0 Å². The molecule has 0 aromatic carbocycles. The fourth-order valence-corrected chi connectivity index (χ4v) is 1.03. The predicted molar refractivity (Wildman–Crippen MR) is 56.6 cm³/mol. The van der Waals surface area contributed by atoms with Crippen LogP contribution in [-0.4, -0.2) is 29.1 Å². The highest BCUT2D eigenvalue weighted by molar-refractivity contribution is 5.86. The Hall–Kier alpha value is -2.17. The summed E-state index contributed by atoms with van der Waals surface area (Å²) in [6.07, 6.45) is 4.20. The molecule has 1 N–H and O–H groups in total. The van der Waals surface area contributed by atoms with Crippen molar-refractivity contribution in [2.24, 2.45) is 0 Å². The van der Waals surface area contributed by atoms with Gasteiger partial charge in [-0.05, 0) is 17.7 Å². The van der Waals surface area contributed by atoms with Gasteiger partial charge in [-0.2, -0.15) is 0 Å². The van der Waals surface area contributed by atoms with Crippen molar-refractivity contribution in [2.45, 2.75) is 6.42 Å². The molecule has 0 aliphatic rings. The quantitative estimate of drug-likeness (QED) is 0.603. The topological polar surface area (TPSA) is 76.5 Å². The van der Waals surface area contributed by atoms with E-state index in [-0.39, 0.29) is 6.42 Å². The van der Waals surface area contributed by atoms with Crippen LogP contribution in [0.1, 0.15) is 11.3 Å². The minimum Gasteiger partial charge on any atom is -0.481 e. The van der Waals surface area contributed by atoms with E-state index in [1.54, 1.807) is 18.2 Å². The average molecular weight is 221 g/mol. The second kappa shape index (κ2) is 5.65. The number of carbonyl (C=O) groups excluding carboxylic acids is 1. The molecule has 0 aliphatic heterocycles. The number of esters is 1. The fraction of sp³-hybridized carbons (Fsp3) is 0.182.